The Bertz CT molecular complexity index is 850. The summed E-state index contributed by atoms with van der Waals surface area (Å²) in [5, 5.41) is 8.18. The molecule has 133 valence electrons. The number of aromatic nitrogens is 2. The number of rotatable bonds is 6. The van der Waals surface area contributed by atoms with Gasteiger partial charge in [-0.05, 0) is 26.0 Å². The van der Waals surface area contributed by atoms with Crippen LogP contribution in [0.1, 0.15) is 27.7 Å². The summed E-state index contributed by atoms with van der Waals surface area (Å²) < 4.78 is 7.94. The molecule has 0 fully saturated rings. The Morgan fingerprint density at radius 3 is 2.23 bits per heavy atom. The summed E-state index contributed by atoms with van der Waals surface area (Å²) in [6, 6.07) is 18.3. The Kier molecular flexibility index (Phi) is 5.03. The molecule has 0 aliphatic rings. The van der Waals surface area contributed by atoms with Gasteiger partial charge in [-0.2, -0.15) is 0 Å². The lowest BCUT2D eigenvalue weighted by atomic mass is 9.82. The third kappa shape index (κ3) is 3.89. The minimum absolute atomic E-state index is 0.574. The van der Waals surface area contributed by atoms with Crippen LogP contribution in [0, 0.1) is 0 Å². The topological polar surface area (TPSA) is 49.9 Å². The first kappa shape index (κ1) is 18.4. The van der Waals surface area contributed by atoms with Crippen molar-refractivity contribution in [2.75, 3.05) is 0 Å². The lowest BCUT2D eigenvalue weighted by Gasteiger charge is -2.33. The lowest BCUT2D eigenvalue weighted by Crippen LogP contribution is -2.49. The van der Waals surface area contributed by atoms with Crippen molar-refractivity contribution in [1.82, 2.24) is 9.55 Å². The maximum absolute atomic E-state index is 8.18. The molecule has 0 aliphatic heterocycles. The van der Waals surface area contributed by atoms with Gasteiger partial charge in [-0.15, -0.1) is 0 Å². The molecule has 3 rings (SSSR count). The Hall–Kier alpha value is -2.37. The number of nitrogens with zero attached hydrogens (tertiary/aromatic N) is 2. The largest absolute Gasteiger partial charge is 0.439 e. The molecular weight excluding hydrogens is 323 g/mol. The van der Waals surface area contributed by atoms with E-state index in [9.17, 15) is 0 Å². The normalized spacial score (nSPS) is 12.2. The predicted octanol–water partition coefficient (Wildman–Crippen LogP) is 3.08. The van der Waals surface area contributed by atoms with Gasteiger partial charge in [-0.1, -0.05) is 47.9 Å². The average Bonchev–Trinajstić information content (AvgIpc) is 3.10. The van der Waals surface area contributed by atoms with Crippen LogP contribution < -0.4 is 5.46 Å². The van der Waals surface area contributed by atoms with Gasteiger partial charge < -0.3 is 9.76 Å². The fourth-order valence-corrected chi connectivity index (χ4v) is 2.39. The molecule has 0 bridgehead atoms. The molecule has 1 radical (unpaired) electrons. The van der Waals surface area contributed by atoms with Gasteiger partial charge in [0.05, 0.1) is 0 Å². The average molecular weight is 348 g/mol. The molecule has 1 aromatic heterocycles. The van der Waals surface area contributed by atoms with Crippen LogP contribution >= 0.6 is 0 Å². The minimum Gasteiger partial charge on any atom is -0.439 e. The number of para-hydroxylation sites is 1. The summed E-state index contributed by atoms with van der Waals surface area (Å²) in [5.41, 5.74) is 1.82. The highest BCUT2D eigenvalue weighted by Crippen LogP contribution is 2.24. The van der Waals surface area contributed by atoms with Crippen molar-refractivity contribution < 1.29 is 9.76 Å². The van der Waals surface area contributed by atoms with Crippen molar-refractivity contribution in [1.29, 1.82) is 0 Å². The number of imidazole rings is 1. The SMILES string of the molecule is CC(C)([OH2+])C(C)(C)O[B]c1ccc(-c2nccn2-c2ccccc2)cc1. The van der Waals surface area contributed by atoms with Gasteiger partial charge in [-0.3, -0.25) is 4.57 Å². The van der Waals surface area contributed by atoms with Crippen LogP contribution in [0.2, 0.25) is 0 Å². The molecule has 1 heterocycles. The van der Waals surface area contributed by atoms with E-state index >= 15 is 0 Å². The molecule has 0 saturated heterocycles. The Morgan fingerprint density at radius 1 is 0.962 bits per heavy atom. The van der Waals surface area contributed by atoms with E-state index in [4.69, 9.17) is 9.76 Å². The number of hydrogen-bond donors (Lipinski definition) is 0. The zero-order chi connectivity index (χ0) is 18.8. The van der Waals surface area contributed by atoms with Crippen LogP contribution in [0.3, 0.4) is 0 Å². The lowest BCUT2D eigenvalue weighted by molar-refractivity contribution is -0.0893. The first-order valence-corrected chi connectivity index (χ1v) is 8.73. The van der Waals surface area contributed by atoms with Crippen LogP contribution in [0.4, 0.5) is 0 Å². The van der Waals surface area contributed by atoms with Gasteiger partial charge in [0.1, 0.15) is 11.4 Å². The van der Waals surface area contributed by atoms with E-state index in [-0.39, 0.29) is 0 Å². The standard InChI is InChI=1S/C21H24BN2O2/c1-20(2,25)21(3,4)26-22-17-12-10-16(11-13-17)19-23-14-15-24(19)18-8-6-5-7-9-18/h5-15,25H,1-4H3/p+1. The molecule has 3 aromatic rings. The molecule has 5 heteroatoms. The van der Waals surface area contributed by atoms with Gasteiger partial charge in [0.25, 0.3) is 0 Å². The van der Waals surface area contributed by atoms with Crippen LogP contribution in [0.25, 0.3) is 17.1 Å². The third-order valence-electron chi connectivity index (χ3n) is 4.84. The first-order valence-electron chi connectivity index (χ1n) is 8.73. The van der Waals surface area contributed by atoms with E-state index in [1.165, 1.54) is 0 Å². The highest BCUT2D eigenvalue weighted by atomic mass is 16.5. The van der Waals surface area contributed by atoms with Gasteiger partial charge in [-0.25, -0.2) is 4.98 Å². The molecule has 0 spiro atoms. The number of hydrogen-bond acceptors (Lipinski definition) is 2. The van der Waals surface area contributed by atoms with Crippen molar-refractivity contribution in [2.24, 2.45) is 0 Å². The zero-order valence-electron chi connectivity index (χ0n) is 15.7. The molecule has 2 N–H and O–H groups in total. The van der Waals surface area contributed by atoms with Crippen LogP contribution in [0.15, 0.2) is 67.0 Å². The summed E-state index contributed by atoms with van der Waals surface area (Å²) in [4.78, 5) is 4.51. The van der Waals surface area contributed by atoms with E-state index < -0.39 is 11.2 Å². The van der Waals surface area contributed by atoms with Crippen molar-refractivity contribution >= 4 is 12.9 Å². The smallest absolute Gasteiger partial charge is 0.331 e. The van der Waals surface area contributed by atoms with Gasteiger partial charge in [0.15, 0.2) is 5.60 Å². The van der Waals surface area contributed by atoms with E-state index in [2.05, 4.69) is 21.7 Å². The maximum Gasteiger partial charge on any atom is 0.331 e. The minimum atomic E-state index is -0.691. The zero-order valence-corrected chi connectivity index (χ0v) is 15.7. The Balaban J connectivity index is 1.77. The Morgan fingerprint density at radius 2 is 1.62 bits per heavy atom. The first-order chi connectivity index (χ1) is 12.3. The van der Waals surface area contributed by atoms with Crippen molar-refractivity contribution in [2.45, 2.75) is 38.9 Å². The van der Waals surface area contributed by atoms with E-state index in [1.54, 1.807) is 7.48 Å². The molecule has 0 atom stereocenters. The van der Waals surface area contributed by atoms with E-state index in [0.717, 1.165) is 22.5 Å². The van der Waals surface area contributed by atoms with Crippen LogP contribution in [0.5, 0.6) is 0 Å². The molecule has 26 heavy (non-hydrogen) atoms. The van der Waals surface area contributed by atoms with Gasteiger partial charge in [0, 0.05) is 37.5 Å². The second kappa shape index (κ2) is 7.10. The molecule has 4 nitrogen and oxygen atoms in total. The second-order valence-electron chi connectivity index (χ2n) is 7.45. The van der Waals surface area contributed by atoms with E-state index in [1.807, 2.05) is 82.6 Å². The summed E-state index contributed by atoms with van der Waals surface area (Å²) in [6.45, 7) is 7.57. The molecule has 0 amide bonds. The summed E-state index contributed by atoms with van der Waals surface area (Å²) in [5.74, 6) is 0.899. The molecule has 0 aliphatic carbocycles. The third-order valence-corrected chi connectivity index (χ3v) is 4.84. The molecule has 0 unspecified atom stereocenters. The Labute approximate surface area is 155 Å². The quantitative estimate of drug-likeness (QED) is 0.508. The van der Waals surface area contributed by atoms with Crippen molar-refractivity contribution in [3.05, 3.63) is 67.0 Å². The van der Waals surface area contributed by atoms with Gasteiger partial charge in [0.2, 0.25) is 0 Å². The van der Waals surface area contributed by atoms with Crippen LogP contribution in [-0.2, 0) is 4.65 Å². The monoisotopic (exact) mass is 348 g/mol. The summed E-state index contributed by atoms with van der Waals surface area (Å²) in [6.07, 6.45) is 3.77. The molecular formula is C21H25BN2O2+. The highest BCUT2D eigenvalue weighted by Gasteiger charge is 2.40. The number of benzene rings is 2. The summed E-state index contributed by atoms with van der Waals surface area (Å²) >= 11 is 0. The van der Waals surface area contributed by atoms with Crippen molar-refractivity contribution in [3.63, 3.8) is 0 Å². The fraction of sp³-hybridized carbons (Fsp3) is 0.286. The highest BCUT2D eigenvalue weighted by molar-refractivity contribution is 6.47. The van der Waals surface area contributed by atoms with Gasteiger partial charge >= 0.3 is 7.48 Å². The van der Waals surface area contributed by atoms with E-state index in [0.29, 0.717) is 0 Å². The molecule has 2 aromatic carbocycles. The predicted molar refractivity (Wildman–Crippen MR) is 107 cm³/mol. The second-order valence-corrected chi connectivity index (χ2v) is 7.45. The maximum atomic E-state index is 8.18. The van der Waals surface area contributed by atoms with Crippen LogP contribution in [-0.4, -0.2) is 33.3 Å². The van der Waals surface area contributed by atoms with Crippen molar-refractivity contribution in [3.8, 4) is 17.1 Å². The molecule has 0 saturated carbocycles. The summed E-state index contributed by atoms with van der Waals surface area (Å²) in [7, 11) is 1.73. The fourth-order valence-electron chi connectivity index (χ4n) is 2.39.